The van der Waals surface area contributed by atoms with E-state index in [1.165, 1.54) is 6.20 Å². The minimum absolute atomic E-state index is 0.243. The van der Waals surface area contributed by atoms with Gasteiger partial charge < -0.3 is 19.7 Å². The molecule has 11 heteroatoms. The number of benzene rings is 1. The highest BCUT2D eigenvalue weighted by atomic mass is 32.1. The summed E-state index contributed by atoms with van der Waals surface area (Å²) in [7, 11) is 0. The van der Waals surface area contributed by atoms with E-state index in [1.807, 2.05) is 31.2 Å². The first-order valence-electron chi connectivity index (χ1n) is 13.3. The molecule has 2 aliphatic rings. The van der Waals surface area contributed by atoms with Crippen molar-refractivity contribution >= 4 is 29.2 Å². The van der Waals surface area contributed by atoms with Crippen LogP contribution in [-0.4, -0.2) is 95.7 Å². The number of piperazine rings is 1. The zero-order valence-corrected chi connectivity index (χ0v) is 23.0. The molecule has 0 spiro atoms. The van der Waals surface area contributed by atoms with Crippen LogP contribution in [0.2, 0.25) is 0 Å². The predicted octanol–water partition coefficient (Wildman–Crippen LogP) is 3.29. The number of aryl methyl sites for hydroxylation is 1. The van der Waals surface area contributed by atoms with Crippen molar-refractivity contribution in [1.82, 2.24) is 24.7 Å². The van der Waals surface area contributed by atoms with Gasteiger partial charge in [0.25, 0.3) is 5.91 Å². The first-order chi connectivity index (χ1) is 19.0. The van der Waals surface area contributed by atoms with Crippen molar-refractivity contribution in [2.45, 2.75) is 19.9 Å². The van der Waals surface area contributed by atoms with Gasteiger partial charge in [0.1, 0.15) is 5.82 Å². The lowest BCUT2D eigenvalue weighted by Gasteiger charge is -2.33. The van der Waals surface area contributed by atoms with Gasteiger partial charge in [-0.2, -0.15) is 0 Å². The third kappa shape index (κ3) is 7.82. The highest BCUT2D eigenvalue weighted by Gasteiger charge is 2.23. The summed E-state index contributed by atoms with van der Waals surface area (Å²) in [6, 6.07) is 10.9. The van der Waals surface area contributed by atoms with Crippen LogP contribution in [0, 0.1) is 6.92 Å². The van der Waals surface area contributed by atoms with Crippen molar-refractivity contribution in [3.63, 3.8) is 0 Å². The fourth-order valence-electron chi connectivity index (χ4n) is 4.60. The molecule has 206 valence electrons. The quantitative estimate of drug-likeness (QED) is 0.456. The molecular formula is C28H34N6O4S. The van der Waals surface area contributed by atoms with Crippen LogP contribution in [0.15, 0.2) is 48.0 Å². The van der Waals surface area contributed by atoms with E-state index in [2.05, 4.69) is 30.5 Å². The summed E-state index contributed by atoms with van der Waals surface area (Å²) >= 11 is 1.67. The van der Waals surface area contributed by atoms with E-state index in [0.29, 0.717) is 30.2 Å². The average Bonchev–Trinajstić information content (AvgIpc) is 3.39. The summed E-state index contributed by atoms with van der Waals surface area (Å²) in [6.45, 7) is 9.99. The molecule has 5 rings (SSSR count). The second-order valence-corrected chi connectivity index (χ2v) is 10.8. The van der Waals surface area contributed by atoms with Crippen molar-refractivity contribution in [3.05, 3.63) is 69.8 Å². The number of nitrogens with one attached hydrogen (secondary N) is 1. The lowest BCUT2D eigenvalue weighted by Crippen LogP contribution is -2.49. The number of aromatic nitrogens is 2. The highest BCUT2D eigenvalue weighted by molar-refractivity contribution is 7.09. The fourth-order valence-corrected chi connectivity index (χ4v) is 5.24. The molecule has 1 N–H and O–H groups in total. The molecule has 0 bridgehead atoms. The van der Waals surface area contributed by atoms with E-state index < -0.39 is 0 Å². The van der Waals surface area contributed by atoms with Gasteiger partial charge in [0.2, 0.25) is 0 Å². The van der Waals surface area contributed by atoms with Gasteiger partial charge >= 0.3 is 6.09 Å². The smallest absolute Gasteiger partial charge is 0.409 e. The number of carbonyl (C=O) groups is 2. The van der Waals surface area contributed by atoms with Crippen molar-refractivity contribution in [1.29, 1.82) is 0 Å². The normalized spacial score (nSPS) is 16.7. The number of hydrogen-bond acceptors (Lipinski definition) is 9. The van der Waals surface area contributed by atoms with Gasteiger partial charge in [-0.25, -0.2) is 14.8 Å². The average molecular weight is 551 g/mol. The van der Waals surface area contributed by atoms with Gasteiger partial charge in [0.05, 0.1) is 30.1 Å². The van der Waals surface area contributed by atoms with Crippen LogP contribution >= 0.6 is 11.3 Å². The third-order valence-electron chi connectivity index (χ3n) is 6.89. The van der Waals surface area contributed by atoms with Gasteiger partial charge in [-0.3, -0.25) is 14.6 Å². The fraction of sp³-hybridized carbons (Fsp3) is 0.429. The molecule has 3 aromatic rings. The second kappa shape index (κ2) is 13.1. The van der Waals surface area contributed by atoms with E-state index in [-0.39, 0.29) is 12.0 Å². The van der Waals surface area contributed by atoms with Crippen LogP contribution in [0.5, 0.6) is 5.75 Å². The molecule has 39 heavy (non-hydrogen) atoms. The van der Waals surface area contributed by atoms with Crippen molar-refractivity contribution < 1.29 is 19.1 Å². The van der Waals surface area contributed by atoms with Crippen LogP contribution < -0.4 is 10.1 Å². The van der Waals surface area contributed by atoms with Crippen molar-refractivity contribution in [3.8, 4) is 5.75 Å². The molecule has 0 unspecified atom stereocenters. The molecule has 4 heterocycles. The molecule has 1 aromatic carbocycles. The third-order valence-corrected chi connectivity index (χ3v) is 7.71. The number of carbonyl (C=O) groups excluding carboxylic acids is 2. The largest absolute Gasteiger partial charge is 0.415 e. The lowest BCUT2D eigenvalue weighted by atomic mass is 10.1. The number of morpholine rings is 1. The second-order valence-electron chi connectivity index (χ2n) is 9.72. The molecule has 0 atom stereocenters. The molecule has 2 amide bonds. The number of ether oxygens (including phenoxy) is 2. The Morgan fingerprint density at radius 1 is 1.00 bits per heavy atom. The van der Waals surface area contributed by atoms with Gasteiger partial charge in [-0.05, 0) is 36.8 Å². The minimum atomic E-state index is -0.388. The van der Waals surface area contributed by atoms with Crippen molar-refractivity contribution in [2.75, 3.05) is 64.3 Å². The Bertz CT molecular complexity index is 1240. The Morgan fingerprint density at radius 2 is 1.77 bits per heavy atom. The van der Waals surface area contributed by atoms with Crippen molar-refractivity contribution in [2.24, 2.45) is 0 Å². The summed E-state index contributed by atoms with van der Waals surface area (Å²) in [4.78, 5) is 40.4. The summed E-state index contributed by atoms with van der Waals surface area (Å²) < 4.78 is 10.9. The van der Waals surface area contributed by atoms with Crippen LogP contribution in [0.4, 0.5) is 10.6 Å². The lowest BCUT2D eigenvalue weighted by molar-refractivity contribution is 0.0342. The Morgan fingerprint density at radius 3 is 2.44 bits per heavy atom. The zero-order chi connectivity index (χ0) is 27.0. The maximum atomic E-state index is 12.7. The number of thiazole rings is 1. The summed E-state index contributed by atoms with van der Waals surface area (Å²) in [5.74, 6) is 0.487. The first kappa shape index (κ1) is 27.2. The number of hydrogen-bond donors (Lipinski definition) is 1. The maximum Gasteiger partial charge on any atom is 0.415 e. The molecule has 0 radical (unpaired) electrons. The van der Waals surface area contributed by atoms with E-state index in [0.717, 1.165) is 75.2 Å². The molecule has 2 saturated heterocycles. The van der Waals surface area contributed by atoms with E-state index in [9.17, 15) is 9.59 Å². The molecule has 2 aromatic heterocycles. The number of anilines is 1. The zero-order valence-electron chi connectivity index (χ0n) is 22.2. The summed E-state index contributed by atoms with van der Waals surface area (Å²) in [5.41, 5.74) is 2.84. The topological polar surface area (TPSA) is 100 Å². The summed E-state index contributed by atoms with van der Waals surface area (Å²) in [5, 5.41) is 6.00. The molecular weight excluding hydrogens is 516 g/mol. The van der Waals surface area contributed by atoms with Crippen LogP contribution in [0.3, 0.4) is 0 Å². The molecule has 2 aliphatic heterocycles. The number of nitrogens with zero attached hydrogens (tertiary/aromatic N) is 5. The molecule has 0 saturated carbocycles. The summed E-state index contributed by atoms with van der Waals surface area (Å²) in [6.07, 6.45) is 1.98. The standard InChI is InChI=1S/C28H34N6O4S/c1-21-30-24(20-39-21)8-9-32-10-12-34(13-11-32)28(36)38-25-6-7-26(29-18-25)31-27(35)23-4-2-22(3-5-23)19-33-14-16-37-17-15-33/h2-7,18,20H,8-17,19H2,1H3,(H,29,31,35). The maximum absolute atomic E-state index is 12.7. The van der Waals surface area contributed by atoms with E-state index >= 15 is 0 Å². The van der Waals surface area contributed by atoms with E-state index in [1.54, 1.807) is 28.4 Å². The number of pyridine rings is 1. The minimum Gasteiger partial charge on any atom is -0.409 e. The Labute approximate surface area is 232 Å². The number of rotatable bonds is 8. The number of amides is 2. The Balaban J connectivity index is 1.04. The highest BCUT2D eigenvalue weighted by Crippen LogP contribution is 2.16. The molecule has 2 fully saturated rings. The molecule has 0 aliphatic carbocycles. The van der Waals surface area contributed by atoms with Gasteiger partial charge in [-0.1, -0.05) is 12.1 Å². The Kier molecular flexibility index (Phi) is 9.15. The SMILES string of the molecule is Cc1nc(CCN2CCN(C(=O)Oc3ccc(NC(=O)c4ccc(CN5CCOCC5)cc4)nc3)CC2)cs1. The Hall–Kier alpha value is -3.38. The van der Waals surface area contributed by atoms with Gasteiger partial charge in [-0.15, -0.1) is 11.3 Å². The molecule has 10 nitrogen and oxygen atoms in total. The first-order valence-corrected chi connectivity index (χ1v) is 14.2. The van der Waals surface area contributed by atoms with Crippen LogP contribution in [0.25, 0.3) is 0 Å². The monoisotopic (exact) mass is 550 g/mol. The van der Waals surface area contributed by atoms with Crippen LogP contribution in [0.1, 0.15) is 26.6 Å². The van der Waals surface area contributed by atoms with Gasteiger partial charge in [0.15, 0.2) is 5.75 Å². The predicted molar refractivity (Wildman–Crippen MR) is 149 cm³/mol. The van der Waals surface area contributed by atoms with Crippen LogP contribution in [-0.2, 0) is 17.7 Å². The van der Waals surface area contributed by atoms with E-state index in [4.69, 9.17) is 9.47 Å². The van der Waals surface area contributed by atoms with Gasteiger partial charge in [0, 0.05) is 69.7 Å².